The lowest BCUT2D eigenvalue weighted by molar-refractivity contribution is -0.107. The predicted octanol–water partition coefficient (Wildman–Crippen LogP) is 3.20. The minimum Gasteiger partial charge on any atom is -0.316 e. The maximum Gasteiger partial charge on any atom is 0.254 e. The Morgan fingerprint density at radius 1 is 0.867 bits per heavy atom. The van der Waals surface area contributed by atoms with Crippen LogP contribution in [0.25, 0.3) is 0 Å². The van der Waals surface area contributed by atoms with Crippen molar-refractivity contribution in [2.75, 3.05) is 13.1 Å². The first-order chi connectivity index (χ1) is 7.21. The van der Waals surface area contributed by atoms with E-state index in [-0.39, 0.29) is 5.92 Å². The molecule has 1 atom stereocenters. The van der Waals surface area contributed by atoms with E-state index in [1.54, 1.807) is 0 Å². The molecule has 0 amide bonds. The van der Waals surface area contributed by atoms with Gasteiger partial charge in [0.2, 0.25) is 0 Å². The van der Waals surface area contributed by atoms with Gasteiger partial charge in [-0.3, -0.25) is 0 Å². The average Bonchev–Trinajstić information content (AvgIpc) is 2.61. The van der Waals surface area contributed by atoms with Gasteiger partial charge in [-0.05, 0) is 32.2 Å². The molecule has 0 aromatic rings. The Labute approximate surface area is 90.6 Å². The molecule has 15 heavy (non-hydrogen) atoms. The van der Waals surface area contributed by atoms with Crippen molar-refractivity contribution in [3.8, 4) is 0 Å². The monoisotopic (exact) mass is 217 g/mol. The number of hydrogen-bond donors (Lipinski definition) is 1. The molecule has 1 aliphatic heterocycles. The van der Waals surface area contributed by atoms with Crippen LogP contribution in [-0.2, 0) is 0 Å². The Morgan fingerprint density at radius 3 is 2.20 bits per heavy atom. The normalized spacial score (nSPS) is 30.4. The fraction of sp³-hybridized carbons (Fsp3) is 1.00. The molecule has 2 fully saturated rings. The van der Waals surface area contributed by atoms with E-state index in [0.717, 1.165) is 45.1 Å². The Hall–Kier alpha value is -0.180. The zero-order chi connectivity index (χ0) is 10.7. The second kappa shape index (κ2) is 4.77. The van der Waals surface area contributed by atoms with Gasteiger partial charge in [-0.25, -0.2) is 8.78 Å². The van der Waals surface area contributed by atoms with E-state index < -0.39 is 11.8 Å². The fourth-order valence-corrected chi connectivity index (χ4v) is 2.99. The second-order valence-electron chi connectivity index (χ2n) is 5.05. The van der Waals surface area contributed by atoms with Crippen LogP contribution in [0, 0.1) is 11.8 Å². The summed E-state index contributed by atoms with van der Waals surface area (Å²) in [4.78, 5) is 0. The highest BCUT2D eigenvalue weighted by Gasteiger charge is 2.47. The molecular weight excluding hydrogens is 196 g/mol. The van der Waals surface area contributed by atoms with Gasteiger partial charge in [0.1, 0.15) is 0 Å². The van der Waals surface area contributed by atoms with E-state index >= 15 is 0 Å². The highest BCUT2D eigenvalue weighted by Crippen LogP contribution is 2.44. The van der Waals surface area contributed by atoms with Gasteiger partial charge in [-0.2, -0.15) is 0 Å². The smallest absolute Gasteiger partial charge is 0.254 e. The lowest BCUT2D eigenvalue weighted by Gasteiger charge is -2.30. The van der Waals surface area contributed by atoms with Crippen LogP contribution < -0.4 is 5.32 Å². The summed E-state index contributed by atoms with van der Waals surface area (Å²) in [6.45, 7) is 1.43. The Morgan fingerprint density at radius 2 is 1.47 bits per heavy atom. The maximum atomic E-state index is 14.2. The Bertz CT molecular complexity index is 192. The molecule has 1 saturated carbocycles. The van der Waals surface area contributed by atoms with Gasteiger partial charge in [-0.1, -0.05) is 19.3 Å². The molecule has 1 heterocycles. The lowest BCUT2D eigenvalue weighted by Crippen LogP contribution is -2.40. The standard InChI is InChI=1S/C12H21F2N/c13-12(14,10-5-1-2-6-10)11-7-3-4-8-15-9-11/h10-11,15H,1-9H2. The van der Waals surface area contributed by atoms with Crippen molar-refractivity contribution in [2.45, 2.75) is 50.9 Å². The number of hydrogen-bond acceptors (Lipinski definition) is 1. The van der Waals surface area contributed by atoms with Crippen LogP contribution in [0.5, 0.6) is 0 Å². The van der Waals surface area contributed by atoms with Crippen molar-refractivity contribution in [1.29, 1.82) is 0 Å². The SMILES string of the molecule is FC(F)(C1CCCC1)C1CCCCNC1. The summed E-state index contributed by atoms with van der Waals surface area (Å²) >= 11 is 0. The Kier molecular flexibility index (Phi) is 3.60. The van der Waals surface area contributed by atoms with Crippen molar-refractivity contribution < 1.29 is 8.78 Å². The molecule has 1 unspecified atom stereocenters. The third kappa shape index (κ3) is 2.49. The number of halogens is 2. The summed E-state index contributed by atoms with van der Waals surface area (Å²) in [6, 6.07) is 0. The third-order valence-corrected chi connectivity index (χ3v) is 3.99. The molecule has 1 nitrogen and oxygen atoms in total. The van der Waals surface area contributed by atoms with Crippen LogP contribution in [0.1, 0.15) is 44.9 Å². The van der Waals surface area contributed by atoms with Crippen molar-refractivity contribution in [3.05, 3.63) is 0 Å². The summed E-state index contributed by atoms with van der Waals surface area (Å²) in [5, 5.41) is 3.15. The van der Waals surface area contributed by atoms with Crippen LogP contribution in [0.2, 0.25) is 0 Å². The Balaban J connectivity index is 1.98. The van der Waals surface area contributed by atoms with Crippen LogP contribution in [0.3, 0.4) is 0 Å². The quantitative estimate of drug-likeness (QED) is 0.749. The second-order valence-corrected chi connectivity index (χ2v) is 5.05. The lowest BCUT2D eigenvalue weighted by atomic mass is 9.85. The van der Waals surface area contributed by atoms with Crippen LogP contribution in [0.4, 0.5) is 8.78 Å². The van der Waals surface area contributed by atoms with Crippen molar-refractivity contribution in [1.82, 2.24) is 5.32 Å². The zero-order valence-corrected chi connectivity index (χ0v) is 9.27. The summed E-state index contributed by atoms with van der Waals surface area (Å²) in [5.41, 5.74) is 0. The van der Waals surface area contributed by atoms with Gasteiger partial charge >= 0.3 is 0 Å². The first-order valence-electron chi connectivity index (χ1n) is 6.30. The third-order valence-electron chi connectivity index (χ3n) is 3.99. The van der Waals surface area contributed by atoms with Crippen LogP contribution in [0.15, 0.2) is 0 Å². The molecule has 0 aromatic carbocycles. The summed E-state index contributed by atoms with van der Waals surface area (Å²) in [7, 11) is 0. The topological polar surface area (TPSA) is 12.0 Å². The van der Waals surface area contributed by atoms with Crippen molar-refractivity contribution in [2.24, 2.45) is 11.8 Å². The van der Waals surface area contributed by atoms with Gasteiger partial charge in [-0.15, -0.1) is 0 Å². The summed E-state index contributed by atoms with van der Waals surface area (Å²) < 4.78 is 28.3. The van der Waals surface area contributed by atoms with Crippen molar-refractivity contribution >= 4 is 0 Å². The zero-order valence-electron chi connectivity index (χ0n) is 9.27. The molecule has 0 aromatic heterocycles. The van der Waals surface area contributed by atoms with E-state index in [0.29, 0.717) is 13.0 Å². The highest BCUT2D eigenvalue weighted by atomic mass is 19.3. The van der Waals surface area contributed by atoms with E-state index in [2.05, 4.69) is 5.32 Å². The van der Waals surface area contributed by atoms with E-state index in [1.807, 2.05) is 0 Å². The van der Waals surface area contributed by atoms with E-state index in [4.69, 9.17) is 0 Å². The molecule has 2 rings (SSSR count). The number of rotatable bonds is 2. The maximum absolute atomic E-state index is 14.2. The van der Waals surface area contributed by atoms with E-state index in [1.165, 1.54) is 0 Å². The van der Waals surface area contributed by atoms with Gasteiger partial charge in [0.25, 0.3) is 5.92 Å². The molecule has 1 saturated heterocycles. The molecule has 3 heteroatoms. The first kappa shape index (κ1) is 11.3. The number of alkyl halides is 2. The molecule has 2 aliphatic rings. The minimum absolute atomic E-state index is 0.331. The number of nitrogens with one attached hydrogen (secondary N) is 1. The summed E-state index contributed by atoms with van der Waals surface area (Å²) in [6.07, 6.45) is 6.20. The first-order valence-corrected chi connectivity index (χ1v) is 6.30. The molecular formula is C12H21F2N. The molecule has 0 bridgehead atoms. The van der Waals surface area contributed by atoms with E-state index in [9.17, 15) is 8.78 Å². The average molecular weight is 217 g/mol. The predicted molar refractivity (Wildman–Crippen MR) is 57.1 cm³/mol. The molecule has 0 radical (unpaired) electrons. The fourth-order valence-electron chi connectivity index (χ4n) is 2.99. The molecule has 88 valence electrons. The summed E-state index contributed by atoms with van der Waals surface area (Å²) in [5.74, 6) is -3.17. The highest BCUT2D eigenvalue weighted by molar-refractivity contribution is 4.89. The minimum atomic E-state index is -2.42. The van der Waals surface area contributed by atoms with Gasteiger partial charge in [0, 0.05) is 18.4 Å². The van der Waals surface area contributed by atoms with Gasteiger partial charge in [0.15, 0.2) is 0 Å². The van der Waals surface area contributed by atoms with Crippen LogP contribution in [-0.4, -0.2) is 19.0 Å². The molecule has 1 aliphatic carbocycles. The van der Waals surface area contributed by atoms with Gasteiger partial charge in [0.05, 0.1) is 0 Å². The largest absolute Gasteiger partial charge is 0.316 e. The van der Waals surface area contributed by atoms with Gasteiger partial charge < -0.3 is 5.32 Å². The molecule has 1 N–H and O–H groups in total. The van der Waals surface area contributed by atoms with Crippen LogP contribution >= 0.6 is 0 Å². The van der Waals surface area contributed by atoms with Crippen molar-refractivity contribution in [3.63, 3.8) is 0 Å². The molecule has 0 spiro atoms.